The third-order valence-corrected chi connectivity index (χ3v) is 17.3. The van der Waals surface area contributed by atoms with E-state index in [1.165, 1.54) is 46.0 Å². The molecule has 2 heterocycles. The predicted molar refractivity (Wildman–Crippen MR) is 333 cm³/mol. The number of carbonyl (C=O) groups is 9. The lowest BCUT2D eigenvalue weighted by Gasteiger charge is -2.42. The Kier molecular flexibility index (Phi) is 20.3. The molecule has 2 aliphatic carbocycles. The number of carbonyl (C=O) groups excluding carboxylic acids is 9. The number of fused-ring (bicyclic) bond motifs is 3. The molecule has 2 aliphatic heterocycles. The van der Waals surface area contributed by atoms with Crippen molar-refractivity contribution in [2.45, 2.75) is 194 Å². The first-order chi connectivity index (χ1) is 41.4. The summed E-state index contributed by atoms with van der Waals surface area (Å²) in [6, 6.07) is 20.0. The van der Waals surface area contributed by atoms with E-state index in [4.69, 9.17) is 9.47 Å². The number of benzene rings is 4. The maximum absolute atomic E-state index is 15.2. The first-order valence-electron chi connectivity index (χ1n) is 30.8. The summed E-state index contributed by atoms with van der Waals surface area (Å²) >= 11 is 0. The van der Waals surface area contributed by atoms with Gasteiger partial charge in [0.05, 0.1) is 23.7 Å². The molecule has 0 bridgehead atoms. The molecule has 472 valence electrons. The normalized spacial score (nSPS) is 20.4. The molecule has 4 aromatic carbocycles. The van der Waals surface area contributed by atoms with Gasteiger partial charge >= 0.3 is 12.1 Å². The molecule has 6 N–H and O–H groups in total. The zero-order chi connectivity index (χ0) is 64.2. The molecule has 0 spiro atoms. The second-order valence-corrected chi connectivity index (χ2v) is 27.2. The Morgan fingerprint density at radius 3 is 1.67 bits per heavy atom. The Bertz CT molecular complexity index is 3290. The molecule has 0 saturated carbocycles. The number of aryl methyl sites for hydroxylation is 2. The van der Waals surface area contributed by atoms with Crippen LogP contribution in [0.3, 0.4) is 0 Å². The smallest absolute Gasteiger partial charge is 0.410 e. The van der Waals surface area contributed by atoms with Gasteiger partial charge in [0, 0.05) is 38.2 Å². The van der Waals surface area contributed by atoms with Crippen LogP contribution in [0.15, 0.2) is 91.0 Å². The quantitative estimate of drug-likeness (QED) is 0.0483. The molecular weight excluding hydrogens is 1120 g/mol. The van der Waals surface area contributed by atoms with E-state index in [2.05, 4.69) is 44.0 Å². The molecule has 0 radical (unpaired) electrons. The van der Waals surface area contributed by atoms with Crippen molar-refractivity contribution in [1.29, 1.82) is 0 Å². The van der Waals surface area contributed by atoms with E-state index < -0.39 is 94.4 Å². The zero-order valence-corrected chi connectivity index (χ0v) is 53.3. The Balaban J connectivity index is 0.983. The van der Waals surface area contributed by atoms with Crippen molar-refractivity contribution >= 4 is 53.4 Å². The fourth-order valence-corrected chi connectivity index (χ4v) is 12.0. The van der Waals surface area contributed by atoms with Gasteiger partial charge in [-0.05, 0) is 167 Å². The molecule has 1 fully saturated rings. The Labute approximate surface area is 517 Å². The number of rotatable bonds is 16. The van der Waals surface area contributed by atoms with Crippen LogP contribution in [0.25, 0.3) is 0 Å². The van der Waals surface area contributed by atoms with Gasteiger partial charge in [0.25, 0.3) is 5.91 Å². The number of nitrogens with one attached hydrogen (secondary N) is 6. The minimum absolute atomic E-state index is 0.00337. The second-order valence-electron chi connectivity index (χ2n) is 27.2. The van der Waals surface area contributed by atoms with Crippen LogP contribution in [0, 0.1) is 10.8 Å². The summed E-state index contributed by atoms with van der Waals surface area (Å²) in [7, 11) is 3.10. The predicted octanol–water partition coefficient (Wildman–Crippen LogP) is 7.17. The van der Waals surface area contributed by atoms with Crippen molar-refractivity contribution in [1.82, 2.24) is 46.6 Å². The molecular formula is C68H89N9O11. The third kappa shape index (κ3) is 15.6. The molecule has 8 rings (SSSR count). The van der Waals surface area contributed by atoms with Crippen LogP contribution in [0.5, 0.6) is 5.75 Å². The van der Waals surface area contributed by atoms with Gasteiger partial charge in [-0.3, -0.25) is 38.5 Å². The molecule has 4 aliphatic rings. The van der Waals surface area contributed by atoms with Gasteiger partial charge in [-0.25, -0.2) is 9.59 Å². The first kappa shape index (κ1) is 65.8. The molecule has 0 unspecified atom stereocenters. The van der Waals surface area contributed by atoms with Crippen LogP contribution in [-0.4, -0.2) is 137 Å². The summed E-state index contributed by atoms with van der Waals surface area (Å²) in [5.41, 5.74) is 3.64. The fraction of sp³-hybridized carbons (Fsp3) is 0.515. The zero-order valence-electron chi connectivity index (χ0n) is 53.3. The van der Waals surface area contributed by atoms with E-state index in [9.17, 15) is 38.4 Å². The fourth-order valence-electron chi connectivity index (χ4n) is 12.0. The topological polar surface area (TPSA) is 254 Å². The summed E-state index contributed by atoms with van der Waals surface area (Å²) < 4.78 is 11.4. The molecule has 20 heteroatoms. The highest BCUT2D eigenvalue weighted by Gasteiger charge is 2.47. The lowest BCUT2D eigenvalue weighted by Crippen LogP contribution is -2.62. The highest BCUT2D eigenvalue weighted by atomic mass is 16.6. The van der Waals surface area contributed by atoms with E-state index in [1.54, 1.807) is 59.9 Å². The number of hydrogen-bond donors (Lipinski definition) is 6. The summed E-state index contributed by atoms with van der Waals surface area (Å²) in [5, 5.41) is 18.2. The van der Waals surface area contributed by atoms with Gasteiger partial charge in [-0.15, -0.1) is 0 Å². The number of nitrogens with zero attached hydrogens (tertiary/aromatic N) is 3. The summed E-state index contributed by atoms with van der Waals surface area (Å²) in [5.74, 6) is -3.72. The van der Waals surface area contributed by atoms with Crippen molar-refractivity contribution in [3.8, 4) is 5.75 Å². The SMILES string of the molecule is CN[C@@H](C)C(=O)N[C@H](C(=O)N1C[C@@H](NC(=O)c2ccc(C(=O)Oc3ccc4c(c3)CN(C(=O)[C@@H](NC(=O)[C@H](C)N(C)C(=O)OC(C)(C)C)C(C)(C)C)[C@H](C(=O)N[C@@H]3CCCc5ccccc53)C4)cc2)C[C@H]1C(=O)N[C@@H]1CCCc2ccccc21)C(C)(C)C. The monoisotopic (exact) mass is 1210 g/mol. The van der Waals surface area contributed by atoms with Gasteiger partial charge in [-0.1, -0.05) is 96.1 Å². The number of ether oxygens (including phenoxy) is 2. The standard InChI is InChI=1S/C68H89N9O11/c1-39(69-12)57(78)73-55(66(3,4)5)63(84)77-38-47(36-54(77)61(82)72-52-27-19-23-42-21-15-17-25-50(42)52)70-59(80)43-28-30-44(31-29-43)64(85)87-48-33-32-45-35-53(60(81)71-51-26-18-22-41-20-14-16-24-49(41)51)76(37-46(45)34-48)62(83)56(67(6,7)8)74-58(79)40(2)75(13)65(86)88-68(9,10)11/h14-17,20-21,24-25,28-34,39-40,47,51-56,69H,18-19,22-23,26-27,35-38H2,1-13H3,(H,70,80)(H,71,81)(H,72,82)(H,73,78)(H,74,79)/t39-,40-,47-,51+,52+,53-,54-,55+,56+/m0/s1. The van der Waals surface area contributed by atoms with E-state index >= 15 is 4.79 Å². The molecule has 88 heavy (non-hydrogen) atoms. The van der Waals surface area contributed by atoms with Gasteiger partial charge in [0.2, 0.25) is 35.4 Å². The van der Waals surface area contributed by atoms with E-state index in [1.807, 2.05) is 77.9 Å². The highest BCUT2D eigenvalue weighted by molar-refractivity contribution is 5.98. The second kappa shape index (κ2) is 27.1. The summed E-state index contributed by atoms with van der Waals surface area (Å²) in [6.45, 7) is 19.3. The van der Waals surface area contributed by atoms with Gasteiger partial charge < -0.3 is 51.2 Å². The van der Waals surface area contributed by atoms with Crippen LogP contribution < -0.4 is 36.6 Å². The third-order valence-electron chi connectivity index (χ3n) is 17.3. The number of likely N-dealkylation sites (tertiary alicyclic amines) is 1. The maximum Gasteiger partial charge on any atom is 0.410 e. The Morgan fingerprint density at radius 2 is 1.12 bits per heavy atom. The van der Waals surface area contributed by atoms with Crippen molar-refractivity contribution in [3.63, 3.8) is 0 Å². The minimum Gasteiger partial charge on any atom is -0.444 e. The van der Waals surface area contributed by atoms with Crippen molar-refractivity contribution in [2.75, 3.05) is 20.6 Å². The summed E-state index contributed by atoms with van der Waals surface area (Å²) in [6.07, 6.45) is 4.50. The van der Waals surface area contributed by atoms with Crippen LogP contribution in [0.2, 0.25) is 0 Å². The molecule has 1 saturated heterocycles. The number of hydrogen-bond acceptors (Lipinski definition) is 12. The lowest BCUT2D eigenvalue weighted by atomic mass is 9.83. The van der Waals surface area contributed by atoms with E-state index in [0.29, 0.717) is 5.56 Å². The van der Waals surface area contributed by atoms with E-state index in [0.717, 1.165) is 66.3 Å². The largest absolute Gasteiger partial charge is 0.444 e. The van der Waals surface area contributed by atoms with Gasteiger partial charge in [0.1, 0.15) is 41.6 Å². The van der Waals surface area contributed by atoms with E-state index in [-0.39, 0.29) is 72.6 Å². The van der Waals surface area contributed by atoms with Crippen molar-refractivity contribution in [2.24, 2.45) is 10.8 Å². The van der Waals surface area contributed by atoms with Gasteiger partial charge in [0.15, 0.2) is 0 Å². The molecule has 9 atom stereocenters. The average molecular weight is 1210 g/mol. The molecule has 4 aromatic rings. The van der Waals surface area contributed by atoms with Crippen LogP contribution in [0.1, 0.15) is 174 Å². The Hall–Kier alpha value is -8.13. The highest BCUT2D eigenvalue weighted by Crippen LogP contribution is 2.35. The number of esters is 1. The number of amides is 8. The lowest BCUT2D eigenvalue weighted by molar-refractivity contribution is -0.147. The molecule has 8 amide bonds. The van der Waals surface area contributed by atoms with Crippen LogP contribution in [-0.2, 0) is 59.3 Å². The maximum atomic E-state index is 15.2. The van der Waals surface area contributed by atoms with Crippen LogP contribution >= 0.6 is 0 Å². The molecule has 0 aromatic heterocycles. The van der Waals surface area contributed by atoms with Gasteiger partial charge in [-0.2, -0.15) is 0 Å². The number of likely N-dealkylation sites (N-methyl/N-ethyl adjacent to an activating group) is 2. The summed E-state index contributed by atoms with van der Waals surface area (Å²) in [4.78, 5) is 131. The minimum atomic E-state index is -1.15. The van der Waals surface area contributed by atoms with Crippen molar-refractivity contribution < 1.29 is 52.6 Å². The van der Waals surface area contributed by atoms with Crippen LogP contribution in [0.4, 0.5) is 4.79 Å². The average Bonchev–Trinajstić information content (AvgIpc) is 1.49. The Morgan fingerprint density at radius 1 is 0.602 bits per heavy atom. The first-order valence-corrected chi connectivity index (χ1v) is 30.8. The molecule has 20 nitrogen and oxygen atoms in total. The van der Waals surface area contributed by atoms with Crippen molar-refractivity contribution in [3.05, 3.63) is 136 Å².